The summed E-state index contributed by atoms with van der Waals surface area (Å²) in [6.07, 6.45) is 2.33. The monoisotopic (exact) mass is 305 g/mol. The van der Waals surface area contributed by atoms with Crippen molar-refractivity contribution in [2.75, 3.05) is 31.6 Å². The van der Waals surface area contributed by atoms with Gasteiger partial charge in [-0.1, -0.05) is 6.92 Å². The Morgan fingerprint density at radius 3 is 2.77 bits per heavy atom. The molecule has 5 heteroatoms. The topological polar surface area (TPSA) is 67.6 Å². The van der Waals surface area contributed by atoms with E-state index < -0.39 is 0 Å². The van der Waals surface area contributed by atoms with Gasteiger partial charge in [-0.3, -0.25) is 9.69 Å². The summed E-state index contributed by atoms with van der Waals surface area (Å²) in [6.45, 7) is 6.76. The van der Waals surface area contributed by atoms with E-state index in [0.717, 1.165) is 24.4 Å². The first-order valence-corrected chi connectivity index (χ1v) is 8.11. The average Bonchev–Trinajstić information content (AvgIpc) is 2.50. The minimum absolute atomic E-state index is 0.0108. The Balaban J connectivity index is 1.89. The average molecular weight is 305 g/mol. The second kappa shape index (κ2) is 8.15. The molecule has 3 N–H and O–H groups in total. The van der Waals surface area contributed by atoms with Crippen LogP contribution in [-0.4, -0.2) is 43.1 Å². The predicted molar refractivity (Wildman–Crippen MR) is 89.1 cm³/mol. The van der Waals surface area contributed by atoms with Gasteiger partial charge < -0.3 is 15.8 Å². The van der Waals surface area contributed by atoms with E-state index in [-0.39, 0.29) is 5.91 Å². The number of nitrogens with two attached hydrogens (primary N) is 1. The lowest BCUT2D eigenvalue weighted by molar-refractivity contribution is -0.118. The van der Waals surface area contributed by atoms with E-state index >= 15 is 0 Å². The number of amides is 1. The van der Waals surface area contributed by atoms with Crippen LogP contribution in [0, 0.1) is 5.92 Å². The second-order valence-electron chi connectivity index (χ2n) is 5.90. The molecule has 122 valence electrons. The van der Waals surface area contributed by atoms with Crippen molar-refractivity contribution in [3.63, 3.8) is 0 Å². The van der Waals surface area contributed by atoms with Crippen LogP contribution in [-0.2, 0) is 4.79 Å². The van der Waals surface area contributed by atoms with Crippen molar-refractivity contribution in [3.8, 4) is 5.75 Å². The fraction of sp³-hybridized carbons (Fsp3) is 0.588. The number of nitrogens with zero attached hydrogens (tertiary/aromatic N) is 1. The first-order valence-electron chi connectivity index (χ1n) is 8.11. The highest BCUT2D eigenvalue weighted by Crippen LogP contribution is 2.22. The van der Waals surface area contributed by atoms with Gasteiger partial charge in [0, 0.05) is 18.3 Å². The van der Waals surface area contributed by atoms with Gasteiger partial charge in [0.2, 0.25) is 5.91 Å². The smallest absolute Gasteiger partial charge is 0.238 e. The van der Waals surface area contributed by atoms with Gasteiger partial charge in [0.1, 0.15) is 5.75 Å². The molecule has 22 heavy (non-hydrogen) atoms. The van der Waals surface area contributed by atoms with Crippen LogP contribution < -0.4 is 15.8 Å². The van der Waals surface area contributed by atoms with Crippen LogP contribution in [0.25, 0.3) is 0 Å². The lowest BCUT2D eigenvalue weighted by atomic mass is 9.91. The lowest BCUT2D eigenvalue weighted by Crippen LogP contribution is -2.51. The van der Waals surface area contributed by atoms with Crippen LogP contribution in [0.2, 0.25) is 0 Å². The number of benzene rings is 1. The summed E-state index contributed by atoms with van der Waals surface area (Å²) in [5.41, 5.74) is 6.66. The molecule has 1 heterocycles. The van der Waals surface area contributed by atoms with Crippen molar-refractivity contribution in [2.24, 2.45) is 11.7 Å². The van der Waals surface area contributed by atoms with Crippen LogP contribution in [0.5, 0.6) is 5.75 Å². The molecule has 0 aromatic heterocycles. The summed E-state index contributed by atoms with van der Waals surface area (Å²) >= 11 is 0. The van der Waals surface area contributed by atoms with Crippen LogP contribution >= 0.6 is 0 Å². The molecule has 1 aliphatic heterocycles. The number of anilines is 1. The molecule has 1 fully saturated rings. The summed E-state index contributed by atoms with van der Waals surface area (Å²) in [5, 5.41) is 2.94. The van der Waals surface area contributed by atoms with Crippen LogP contribution in [0.1, 0.15) is 26.7 Å². The number of carbonyl (C=O) groups is 1. The van der Waals surface area contributed by atoms with Crippen LogP contribution in [0.3, 0.4) is 0 Å². The number of rotatable bonds is 6. The number of nitrogens with one attached hydrogen (secondary N) is 1. The highest BCUT2D eigenvalue weighted by Gasteiger charge is 2.28. The van der Waals surface area contributed by atoms with E-state index in [1.54, 1.807) is 0 Å². The molecule has 0 radical (unpaired) electrons. The van der Waals surface area contributed by atoms with Gasteiger partial charge in [-0.15, -0.1) is 0 Å². The molecule has 2 unspecified atom stereocenters. The van der Waals surface area contributed by atoms with Gasteiger partial charge in [-0.2, -0.15) is 0 Å². The Hall–Kier alpha value is -1.59. The number of carbonyl (C=O) groups excluding carboxylic acids is 1. The van der Waals surface area contributed by atoms with Gasteiger partial charge >= 0.3 is 0 Å². The van der Waals surface area contributed by atoms with Crippen molar-refractivity contribution < 1.29 is 9.53 Å². The summed E-state index contributed by atoms with van der Waals surface area (Å²) in [5.74, 6) is 1.38. The highest BCUT2D eigenvalue weighted by atomic mass is 16.5. The number of ether oxygens (including phenoxy) is 1. The first kappa shape index (κ1) is 16.8. The summed E-state index contributed by atoms with van der Waals surface area (Å²) in [7, 11) is 0. The van der Waals surface area contributed by atoms with Crippen molar-refractivity contribution in [3.05, 3.63) is 24.3 Å². The van der Waals surface area contributed by atoms with Gasteiger partial charge in [0.25, 0.3) is 0 Å². The van der Waals surface area contributed by atoms with E-state index in [1.165, 1.54) is 6.42 Å². The summed E-state index contributed by atoms with van der Waals surface area (Å²) < 4.78 is 5.39. The fourth-order valence-corrected chi connectivity index (χ4v) is 3.10. The molecule has 2 atom stereocenters. The van der Waals surface area contributed by atoms with E-state index in [9.17, 15) is 4.79 Å². The highest BCUT2D eigenvalue weighted by molar-refractivity contribution is 5.92. The summed E-state index contributed by atoms with van der Waals surface area (Å²) in [6, 6.07) is 7.76. The lowest BCUT2D eigenvalue weighted by Gasteiger charge is -2.38. The largest absolute Gasteiger partial charge is 0.494 e. The molecule has 0 spiro atoms. The molecule has 1 aromatic carbocycles. The molecular formula is C17H27N3O2. The van der Waals surface area contributed by atoms with Crippen LogP contribution in [0.15, 0.2) is 24.3 Å². The first-order chi connectivity index (χ1) is 10.6. The molecule has 0 bridgehead atoms. The molecule has 1 saturated heterocycles. The maximum Gasteiger partial charge on any atom is 0.238 e. The zero-order valence-electron chi connectivity index (χ0n) is 13.5. The molecular weight excluding hydrogens is 278 g/mol. The Kier molecular flexibility index (Phi) is 6.21. The van der Waals surface area contributed by atoms with Crippen LogP contribution in [0.4, 0.5) is 5.69 Å². The molecule has 0 saturated carbocycles. The molecule has 1 aromatic rings. The van der Waals surface area contributed by atoms with Gasteiger partial charge in [-0.05, 0) is 56.5 Å². The number of hydrogen-bond acceptors (Lipinski definition) is 4. The second-order valence-corrected chi connectivity index (χ2v) is 5.90. The third-order valence-electron chi connectivity index (χ3n) is 4.27. The summed E-state index contributed by atoms with van der Waals surface area (Å²) in [4.78, 5) is 14.4. The molecule has 0 aliphatic carbocycles. The van der Waals surface area contributed by atoms with Crippen molar-refractivity contribution in [1.29, 1.82) is 0 Å². The zero-order chi connectivity index (χ0) is 15.9. The predicted octanol–water partition coefficient (Wildman–Crippen LogP) is 2.08. The number of piperidine rings is 1. The number of hydrogen-bond donors (Lipinski definition) is 2. The maximum absolute atomic E-state index is 12.2. The minimum atomic E-state index is 0.0108. The fourth-order valence-electron chi connectivity index (χ4n) is 3.10. The van der Waals surface area contributed by atoms with E-state index in [4.69, 9.17) is 10.5 Å². The zero-order valence-corrected chi connectivity index (χ0v) is 13.5. The Morgan fingerprint density at radius 2 is 2.14 bits per heavy atom. The maximum atomic E-state index is 12.2. The van der Waals surface area contributed by atoms with Gasteiger partial charge in [0.05, 0.1) is 13.2 Å². The van der Waals surface area contributed by atoms with E-state index in [2.05, 4.69) is 17.1 Å². The number of likely N-dealkylation sites (tertiary alicyclic amines) is 1. The Bertz CT molecular complexity index is 475. The Labute approximate surface area is 132 Å². The van der Waals surface area contributed by atoms with Gasteiger partial charge in [0.15, 0.2) is 0 Å². The van der Waals surface area contributed by atoms with Crippen molar-refractivity contribution in [1.82, 2.24) is 4.90 Å². The molecule has 2 rings (SSSR count). The third kappa shape index (κ3) is 4.45. The SMILES string of the molecule is CCOc1ccc(NC(=O)CN2CCCC(C)C2CN)cc1. The normalized spacial score (nSPS) is 22.3. The van der Waals surface area contributed by atoms with Crippen molar-refractivity contribution >= 4 is 11.6 Å². The quantitative estimate of drug-likeness (QED) is 0.844. The Morgan fingerprint density at radius 1 is 1.41 bits per heavy atom. The van der Waals surface area contributed by atoms with E-state index in [1.807, 2.05) is 31.2 Å². The molecule has 1 aliphatic rings. The van der Waals surface area contributed by atoms with Gasteiger partial charge in [-0.25, -0.2) is 0 Å². The standard InChI is InChI=1S/C17H27N3O2/c1-3-22-15-8-6-14(7-9-15)19-17(21)12-20-10-4-5-13(2)16(20)11-18/h6-9,13,16H,3-5,10-12,18H2,1-2H3,(H,19,21). The third-order valence-corrected chi connectivity index (χ3v) is 4.27. The molecule has 5 nitrogen and oxygen atoms in total. The van der Waals surface area contributed by atoms with E-state index in [0.29, 0.717) is 31.7 Å². The minimum Gasteiger partial charge on any atom is -0.494 e. The van der Waals surface area contributed by atoms with Crippen molar-refractivity contribution in [2.45, 2.75) is 32.7 Å². The molecule has 1 amide bonds.